The first-order valence-corrected chi connectivity index (χ1v) is 17.6. The maximum absolute atomic E-state index is 9.32. The quantitative estimate of drug-likeness (QED) is 0.162. The number of hydrogen-bond donors (Lipinski definition) is 0. The summed E-state index contributed by atoms with van der Waals surface area (Å²) in [6, 6.07) is 50.8. The molecule has 0 unspecified atom stereocenters. The van der Waals surface area contributed by atoms with Gasteiger partial charge >= 0.3 is 0 Å². The van der Waals surface area contributed by atoms with E-state index in [0.717, 1.165) is 82.8 Å². The smallest absolute Gasteiger partial charge is 0.164 e. The molecule has 0 saturated heterocycles. The lowest BCUT2D eigenvalue weighted by atomic mass is 9.97. The van der Waals surface area contributed by atoms with Crippen LogP contribution in [0.2, 0.25) is 0 Å². The first-order valence-electron chi connectivity index (χ1n) is 17.6. The minimum absolute atomic E-state index is 0.529. The van der Waals surface area contributed by atoms with Crippen LogP contribution in [0.15, 0.2) is 156 Å². The SMILES string of the molecule is C#Cc1ccc2cc(-c3nc(-c4cccc(-c5ccc(C#N)cc5)c4)nc(-c4ccc5c(c4)oc4cccc(-c6ccccc6)c45)n3)ccc2c1/C=C\C. The van der Waals surface area contributed by atoms with Gasteiger partial charge in [-0.1, -0.05) is 115 Å². The zero-order chi connectivity index (χ0) is 36.6. The van der Waals surface area contributed by atoms with Crippen molar-refractivity contribution in [1.82, 2.24) is 15.0 Å². The summed E-state index contributed by atoms with van der Waals surface area (Å²) in [6.07, 6.45) is 9.91. The number of nitrogens with zero attached hydrogens (tertiary/aromatic N) is 4. The van der Waals surface area contributed by atoms with Crippen molar-refractivity contribution in [2.75, 3.05) is 0 Å². The minimum atomic E-state index is 0.529. The van der Waals surface area contributed by atoms with E-state index in [9.17, 15) is 5.26 Å². The molecule has 0 bridgehead atoms. The van der Waals surface area contributed by atoms with Gasteiger partial charge in [-0.05, 0) is 94.0 Å². The van der Waals surface area contributed by atoms with Crippen molar-refractivity contribution in [3.63, 3.8) is 0 Å². The maximum atomic E-state index is 9.32. The van der Waals surface area contributed by atoms with E-state index in [0.29, 0.717) is 23.0 Å². The molecule has 9 aromatic rings. The minimum Gasteiger partial charge on any atom is -0.456 e. The Morgan fingerprint density at radius 2 is 1.22 bits per heavy atom. The molecule has 0 spiro atoms. The lowest BCUT2D eigenvalue weighted by molar-refractivity contribution is 0.669. The number of allylic oxidation sites excluding steroid dienone is 1. The average Bonchev–Trinajstić information content (AvgIpc) is 3.62. The Bertz CT molecular complexity index is 3020. The molecule has 7 aromatic carbocycles. The highest BCUT2D eigenvalue weighted by molar-refractivity contribution is 6.13. The first kappa shape index (κ1) is 32.3. The summed E-state index contributed by atoms with van der Waals surface area (Å²) in [5.74, 6) is 4.44. The highest BCUT2D eigenvalue weighted by Crippen LogP contribution is 2.38. The van der Waals surface area contributed by atoms with Crippen LogP contribution in [0.25, 0.3) is 95.2 Å². The van der Waals surface area contributed by atoms with Gasteiger partial charge in [-0.3, -0.25) is 0 Å². The van der Waals surface area contributed by atoms with Crippen LogP contribution in [0.5, 0.6) is 0 Å². The summed E-state index contributed by atoms with van der Waals surface area (Å²) in [5, 5.41) is 13.5. The summed E-state index contributed by atoms with van der Waals surface area (Å²) in [5.41, 5.74) is 10.8. The van der Waals surface area contributed by atoms with Gasteiger partial charge in [-0.2, -0.15) is 5.26 Å². The number of fused-ring (bicyclic) bond motifs is 4. The van der Waals surface area contributed by atoms with E-state index >= 15 is 0 Å². The number of rotatable bonds is 6. The van der Waals surface area contributed by atoms with Gasteiger partial charge in [-0.25, -0.2) is 15.0 Å². The number of benzene rings is 7. The fraction of sp³-hybridized carbons (Fsp3) is 0.0204. The third kappa shape index (κ3) is 5.77. The molecule has 0 radical (unpaired) electrons. The van der Waals surface area contributed by atoms with Crippen molar-refractivity contribution in [2.45, 2.75) is 6.92 Å². The maximum Gasteiger partial charge on any atom is 0.164 e. The Morgan fingerprint density at radius 3 is 1.94 bits per heavy atom. The molecule has 0 N–H and O–H groups in total. The number of terminal acetylenes is 1. The predicted octanol–water partition coefficient (Wildman–Crippen LogP) is 12.1. The predicted molar refractivity (Wildman–Crippen MR) is 219 cm³/mol. The molecule has 9 rings (SSSR count). The largest absolute Gasteiger partial charge is 0.456 e. The topological polar surface area (TPSA) is 75.6 Å². The van der Waals surface area contributed by atoms with Crippen LogP contribution >= 0.6 is 0 Å². The Kier molecular flexibility index (Phi) is 8.08. The van der Waals surface area contributed by atoms with Crippen LogP contribution in [0.4, 0.5) is 0 Å². The lowest BCUT2D eigenvalue weighted by Crippen LogP contribution is -2.00. The van der Waals surface area contributed by atoms with E-state index in [-0.39, 0.29) is 0 Å². The van der Waals surface area contributed by atoms with Crippen molar-refractivity contribution >= 4 is 38.8 Å². The van der Waals surface area contributed by atoms with Gasteiger partial charge in [0.1, 0.15) is 11.2 Å². The standard InChI is InChI=1S/C49H30N4O/c1-3-10-40-32(4-2)21-22-36-28-38(23-25-41(36)40)48-51-47(37-14-8-13-35(27-37)33-19-17-31(30-50)18-20-33)52-49(53-48)39-24-26-43-45(29-39)54-44-16-9-15-42(46(43)44)34-11-6-5-7-12-34/h2-3,5-29H,1H3/b10-3-. The molecule has 0 atom stereocenters. The van der Waals surface area contributed by atoms with Gasteiger partial charge < -0.3 is 4.42 Å². The van der Waals surface area contributed by atoms with E-state index in [2.05, 4.69) is 72.7 Å². The summed E-state index contributed by atoms with van der Waals surface area (Å²) in [4.78, 5) is 15.2. The molecule has 0 saturated carbocycles. The van der Waals surface area contributed by atoms with Crippen LogP contribution < -0.4 is 0 Å². The third-order valence-corrected chi connectivity index (χ3v) is 9.75. The van der Waals surface area contributed by atoms with Gasteiger partial charge in [-0.15, -0.1) is 6.42 Å². The monoisotopic (exact) mass is 690 g/mol. The van der Waals surface area contributed by atoms with Gasteiger partial charge in [0.05, 0.1) is 11.6 Å². The first-order chi connectivity index (χ1) is 26.6. The van der Waals surface area contributed by atoms with E-state index in [1.165, 1.54) is 0 Å². The molecule has 0 fully saturated rings. The summed E-state index contributed by atoms with van der Waals surface area (Å²) >= 11 is 0. The molecule has 0 aliphatic heterocycles. The molecule has 54 heavy (non-hydrogen) atoms. The third-order valence-electron chi connectivity index (χ3n) is 9.75. The molecule has 0 aliphatic carbocycles. The van der Waals surface area contributed by atoms with Crippen LogP contribution in [-0.2, 0) is 0 Å². The average molecular weight is 691 g/mol. The Labute approximate surface area is 312 Å². The highest BCUT2D eigenvalue weighted by Gasteiger charge is 2.17. The molecule has 5 nitrogen and oxygen atoms in total. The van der Waals surface area contributed by atoms with Gasteiger partial charge in [0.15, 0.2) is 17.5 Å². The molecule has 2 aromatic heterocycles. The van der Waals surface area contributed by atoms with Crippen molar-refractivity contribution in [2.24, 2.45) is 0 Å². The van der Waals surface area contributed by atoms with Crippen molar-refractivity contribution < 1.29 is 4.42 Å². The second-order valence-corrected chi connectivity index (χ2v) is 13.0. The summed E-state index contributed by atoms with van der Waals surface area (Å²) in [6.45, 7) is 1.99. The molecule has 0 amide bonds. The van der Waals surface area contributed by atoms with Crippen molar-refractivity contribution in [1.29, 1.82) is 5.26 Å². The second kappa shape index (κ2) is 13.5. The normalized spacial score (nSPS) is 11.3. The van der Waals surface area contributed by atoms with E-state index < -0.39 is 0 Å². The zero-order valence-corrected chi connectivity index (χ0v) is 29.3. The number of aromatic nitrogens is 3. The van der Waals surface area contributed by atoms with Crippen LogP contribution in [0.1, 0.15) is 23.6 Å². The second-order valence-electron chi connectivity index (χ2n) is 13.0. The van der Waals surface area contributed by atoms with Gasteiger partial charge in [0.2, 0.25) is 0 Å². The van der Waals surface area contributed by atoms with Crippen LogP contribution in [0, 0.1) is 23.7 Å². The Hall–Kier alpha value is -7.60. The summed E-state index contributed by atoms with van der Waals surface area (Å²) < 4.78 is 6.47. The van der Waals surface area contributed by atoms with Gasteiger partial charge in [0, 0.05) is 33.0 Å². The Morgan fingerprint density at radius 1 is 0.574 bits per heavy atom. The zero-order valence-electron chi connectivity index (χ0n) is 29.3. The van der Waals surface area contributed by atoms with Crippen molar-refractivity contribution in [3.05, 3.63) is 168 Å². The number of nitriles is 1. The molecule has 5 heteroatoms. The molecule has 252 valence electrons. The van der Waals surface area contributed by atoms with Crippen LogP contribution in [0.3, 0.4) is 0 Å². The molecular weight excluding hydrogens is 661 g/mol. The fourth-order valence-corrected chi connectivity index (χ4v) is 7.13. The molecule has 0 aliphatic rings. The molecular formula is C49H30N4O. The Balaban J connectivity index is 1.21. The van der Waals surface area contributed by atoms with Crippen molar-refractivity contribution in [3.8, 4) is 74.8 Å². The number of furan rings is 1. The molecule has 2 heterocycles. The number of hydrogen-bond acceptors (Lipinski definition) is 5. The highest BCUT2D eigenvalue weighted by atomic mass is 16.3. The van der Waals surface area contributed by atoms with E-state index in [1.807, 2.05) is 104 Å². The van der Waals surface area contributed by atoms with Crippen LogP contribution in [-0.4, -0.2) is 15.0 Å². The van der Waals surface area contributed by atoms with E-state index in [4.69, 9.17) is 25.8 Å². The van der Waals surface area contributed by atoms with Gasteiger partial charge in [0.25, 0.3) is 0 Å². The van der Waals surface area contributed by atoms with E-state index in [1.54, 1.807) is 0 Å². The fourth-order valence-electron chi connectivity index (χ4n) is 7.13. The summed E-state index contributed by atoms with van der Waals surface area (Å²) in [7, 11) is 0. The lowest BCUT2D eigenvalue weighted by Gasteiger charge is -2.11.